The molecule has 0 spiro atoms. The molecule has 0 aromatic carbocycles. The average Bonchev–Trinajstić information content (AvgIpc) is 2.79. The third kappa shape index (κ3) is 12.2. The first-order valence-electron chi connectivity index (χ1n) is 13.0. The molecule has 1 fully saturated rings. The number of unbranched alkanes of at least 4 members (excludes halogenated alkanes) is 13. The van der Waals surface area contributed by atoms with Gasteiger partial charge in [0.1, 0.15) is 24.4 Å². The number of amides is 1. The zero-order valence-corrected chi connectivity index (χ0v) is 19.4. The summed E-state index contributed by atoms with van der Waals surface area (Å²) in [6, 6.07) is 0. The molecule has 0 saturated carbocycles. The van der Waals surface area contributed by atoms with Gasteiger partial charge in [0.05, 0.1) is 6.61 Å². The Kier molecular flexibility index (Phi) is 15.2. The average molecular weight is 447 g/mol. The molecule has 184 valence electrons. The van der Waals surface area contributed by atoms with Gasteiger partial charge >= 0.3 is 0 Å². The van der Waals surface area contributed by atoms with Gasteiger partial charge in [-0.2, -0.15) is 0 Å². The van der Waals surface area contributed by atoms with Crippen molar-refractivity contribution in [1.29, 1.82) is 0 Å². The molecule has 0 aromatic rings. The van der Waals surface area contributed by atoms with E-state index < -0.39 is 49.6 Å². The number of aliphatic hydroxyl groups excluding tert-OH is 4. The summed E-state index contributed by atoms with van der Waals surface area (Å²) >= 11 is 0. The van der Waals surface area contributed by atoms with Gasteiger partial charge in [0.2, 0.25) is 5.91 Å². The molecule has 1 heterocycles. The van der Waals surface area contributed by atoms with Crippen molar-refractivity contribution in [3.8, 4) is 0 Å². The summed E-state index contributed by atoms with van der Waals surface area (Å²) in [6.07, 6.45) is 10.00. The van der Waals surface area contributed by atoms with E-state index >= 15 is 0 Å². The quantitative estimate of drug-likeness (QED) is 0.206. The Morgan fingerprint density at radius 1 is 0.774 bits per heavy atom. The lowest BCUT2D eigenvalue weighted by atomic mass is 9.98. The zero-order chi connectivity index (χ0) is 23.8. The molecule has 0 aliphatic carbocycles. The number of ether oxygens (including phenoxy) is 1. The standard InChI is InChI=1S/C24H47NO6/c1-2-3-4-5-6-7-8-9-10-11-12-13-14-15-16-17-20(27)25-24-23(30)22(29)21(28)19(18-26)31-24/h19,21-24,26,28-30H,2-18H2,1H3,(H,25,27)/t19-,21-,22+,23-,24?/m1/s1/i17D/t17?,19-,21-,22+,23-,24?. The molecule has 1 rings (SSSR count). The van der Waals surface area contributed by atoms with E-state index in [4.69, 9.17) is 6.11 Å². The van der Waals surface area contributed by atoms with Gasteiger partial charge in [0.25, 0.3) is 0 Å². The van der Waals surface area contributed by atoms with Gasteiger partial charge < -0.3 is 30.5 Å². The predicted octanol–water partition coefficient (Wildman–Crippen LogP) is 3.16. The van der Waals surface area contributed by atoms with Crippen molar-refractivity contribution in [1.82, 2.24) is 5.32 Å². The first-order chi connectivity index (χ1) is 15.4. The van der Waals surface area contributed by atoms with E-state index in [9.17, 15) is 25.2 Å². The Morgan fingerprint density at radius 2 is 1.23 bits per heavy atom. The minimum Gasteiger partial charge on any atom is -0.394 e. The largest absolute Gasteiger partial charge is 0.394 e. The maximum absolute atomic E-state index is 12.2. The van der Waals surface area contributed by atoms with E-state index in [2.05, 4.69) is 12.2 Å². The van der Waals surface area contributed by atoms with Crippen LogP contribution in [-0.2, 0) is 9.53 Å². The number of nitrogens with one attached hydrogen (secondary N) is 1. The third-order valence-electron chi connectivity index (χ3n) is 6.06. The van der Waals surface area contributed by atoms with Crippen LogP contribution in [0.2, 0.25) is 0 Å². The smallest absolute Gasteiger partial charge is 0.222 e. The molecule has 1 amide bonds. The second kappa shape index (κ2) is 17.8. The van der Waals surface area contributed by atoms with Crippen LogP contribution in [0, 0.1) is 0 Å². The first-order valence-corrected chi connectivity index (χ1v) is 12.5. The first kappa shape index (κ1) is 26.5. The van der Waals surface area contributed by atoms with Crippen molar-refractivity contribution >= 4 is 5.91 Å². The number of aliphatic hydroxyl groups is 4. The van der Waals surface area contributed by atoms with E-state index in [0.717, 1.165) is 19.3 Å². The van der Waals surface area contributed by atoms with Crippen LogP contribution in [0.5, 0.6) is 0 Å². The normalized spacial score (nSPS) is 27.6. The van der Waals surface area contributed by atoms with Crippen molar-refractivity contribution in [2.75, 3.05) is 6.61 Å². The van der Waals surface area contributed by atoms with Crippen molar-refractivity contribution in [3.05, 3.63) is 0 Å². The lowest BCUT2D eigenvalue weighted by Crippen LogP contribution is -2.63. The molecule has 5 N–H and O–H groups in total. The lowest BCUT2D eigenvalue weighted by Gasteiger charge is -2.40. The Labute approximate surface area is 190 Å². The Balaban J connectivity index is 2.04. The second-order valence-electron chi connectivity index (χ2n) is 8.85. The summed E-state index contributed by atoms with van der Waals surface area (Å²) in [5.74, 6) is -0.593. The highest BCUT2D eigenvalue weighted by atomic mass is 16.6. The number of rotatable bonds is 18. The predicted molar refractivity (Wildman–Crippen MR) is 121 cm³/mol. The highest BCUT2D eigenvalue weighted by Gasteiger charge is 2.43. The van der Waals surface area contributed by atoms with Crippen LogP contribution < -0.4 is 5.32 Å². The minimum atomic E-state index is -1.54. The van der Waals surface area contributed by atoms with E-state index in [1.54, 1.807) is 0 Å². The van der Waals surface area contributed by atoms with Gasteiger partial charge in [-0.3, -0.25) is 4.79 Å². The molecule has 1 aliphatic heterocycles. The van der Waals surface area contributed by atoms with Gasteiger partial charge in [-0.05, 0) is 6.42 Å². The molecule has 0 aromatic heterocycles. The number of carbonyl (C=O) groups excluding carboxylic acids is 1. The molecule has 0 radical (unpaired) electrons. The van der Waals surface area contributed by atoms with Gasteiger partial charge in [0.15, 0.2) is 6.23 Å². The fourth-order valence-corrected chi connectivity index (χ4v) is 3.99. The van der Waals surface area contributed by atoms with Crippen LogP contribution in [0.1, 0.15) is 111 Å². The van der Waals surface area contributed by atoms with Crippen LogP contribution in [0.3, 0.4) is 0 Å². The van der Waals surface area contributed by atoms with Gasteiger partial charge in [-0.15, -0.1) is 0 Å². The fraction of sp³-hybridized carbons (Fsp3) is 0.958. The summed E-state index contributed by atoms with van der Waals surface area (Å²) in [5, 5.41) is 41.1. The molecular weight excluding hydrogens is 398 g/mol. The van der Waals surface area contributed by atoms with E-state index in [1.807, 2.05) is 0 Å². The van der Waals surface area contributed by atoms with Crippen molar-refractivity contribution in [2.45, 2.75) is 140 Å². The Morgan fingerprint density at radius 3 is 1.68 bits per heavy atom. The Bertz CT molecular complexity index is 481. The van der Waals surface area contributed by atoms with E-state index in [0.29, 0.717) is 6.42 Å². The summed E-state index contributed by atoms with van der Waals surface area (Å²) in [4.78, 5) is 12.2. The van der Waals surface area contributed by atoms with E-state index in [1.165, 1.54) is 70.6 Å². The molecular formula is C24H47NO6. The second-order valence-corrected chi connectivity index (χ2v) is 8.85. The summed E-state index contributed by atoms with van der Waals surface area (Å²) < 4.78 is 13.3. The molecule has 2 unspecified atom stereocenters. The molecule has 31 heavy (non-hydrogen) atoms. The van der Waals surface area contributed by atoms with Crippen molar-refractivity contribution in [3.63, 3.8) is 0 Å². The van der Waals surface area contributed by atoms with Crippen LogP contribution in [0.15, 0.2) is 0 Å². The van der Waals surface area contributed by atoms with Gasteiger partial charge in [0, 0.05) is 7.77 Å². The number of hydrogen-bond acceptors (Lipinski definition) is 6. The SMILES string of the molecule is [2H]C(CCCCCCCCCCCCCCCC)C(=O)NC1O[C@H](CO)[C@@H](O)[C@H](O)[C@H]1O. The molecule has 6 atom stereocenters. The molecule has 7 heteroatoms. The van der Waals surface area contributed by atoms with Crippen LogP contribution in [-0.4, -0.2) is 63.6 Å². The van der Waals surface area contributed by atoms with Crippen LogP contribution >= 0.6 is 0 Å². The maximum Gasteiger partial charge on any atom is 0.222 e. The van der Waals surface area contributed by atoms with E-state index in [-0.39, 0.29) is 0 Å². The lowest BCUT2D eigenvalue weighted by molar-refractivity contribution is -0.236. The monoisotopic (exact) mass is 446 g/mol. The zero-order valence-electron chi connectivity index (χ0n) is 20.4. The summed E-state index contributed by atoms with van der Waals surface area (Å²) in [5.41, 5.74) is 0. The van der Waals surface area contributed by atoms with Crippen LogP contribution in [0.25, 0.3) is 0 Å². The highest BCUT2D eigenvalue weighted by molar-refractivity contribution is 5.76. The van der Waals surface area contributed by atoms with Gasteiger partial charge in [-0.25, -0.2) is 0 Å². The topological polar surface area (TPSA) is 119 Å². The third-order valence-corrected chi connectivity index (χ3v) is 6.06. The van der Waals surface area contributed by atoms with Crippen LogP contribution in [0.4, 0.5) is 0 Å². The molecule has 0 bridgehead atoms. The minimum absolute atomic E-state index is 0.418. The molecule has 1 saturated heterocycles. The van der Waals surface area contributed by atoms with Gasteiger partial charge in [-0.1, -0.05) is 96.8 Å². The molecule has 1 aliphatic rings. The molecule has 7 nitrogen and oxygen atoms in total. The highest BCUT2D eigenvalue weighted by Crippen LogP contribution is 2.20. The van der Waals surface area contributed by atoms with Crippen molar-refractivity contribution < 1.29 is 31.3 Å². The Hall–Kier alpha value is -0.730. The fourth-order valence-electron chi connectivity index (χ4n) is 3.99. The number of hydrogen-bond donors (Lipinski definition) is 5. The van der Waals surface area contributed by atoms with Crippen molar-refractivity contribution in [2.24, 2.45) is 0 Å². The summed E-state index contributed by atoms with van der Waals surface area (Å²) in [7, 11) is 0. The number of carbonyl (C=O) groups is 1. The maximum atomic E-state index is 12.2. The summed E-state index contributed by atoms with van der Waals surface area (Å²) in [6.45, 7) is 1.69.